The zero-order valence-electron chi connectivity index (χ0n) is 15.9. The zero-order valence-corrected chi connectivity index (χ0v) is 15.9. The highest BCUT2D eigenvalue weighted by molar-refractivity contribution is 5.93. The predicted molar refractivity (Wildman–Crippen MR) is 102 cm³/mol. The highest BCUT2D eigenvalue weighted by Gasteiger charge is 2.43. The van der Waals surface area contributed by atoms with Crippen LogP contribution in [-0.4, -0.2) is 50.0 Å². The van der Waals surface area contributed by atoms with E-state index in [-0.39, 0.29) is 11.8 Å². The van der Waals surface area contributed by atoms with Crippen LogP contribution in [0.2, 0.25) is 0 Å². The SMILES string of the molecule is CC(C)(O)c1cn(C[C@H]2C[C@H]3CCN2C[C@@H]3C(=O)Nc2ccccc2)nn1. The molecule has 5 rings (SSSR count). The van der Waals surface area contributed by atoms with E-state index < -0.39 is 5.60 Å². The molecule has 27 heavy (non-hydrogen) atoms. The predicted octanol–water partition coefficient (Wildman–Crippen LogP) is 1.85. The Labute approximate surface area is 159 Å². The van der Waals surface area contributed by atoms with Gasteiger partial charge in [-0.05, 0) is 51.3 Å². The van der Waals surface area contributed by atoms with Crippen molar-refractivity contribution in [2.75, 3.05) is 18.4 Å². The summed E-state index contributed by atoms with van der Waals surface area (Å²) >= 11 is 0. The van der Waals surface area contributed by atoms with Crippen molar-refractivity contribution >= 4 is 11.6 Å². The first kappa shape index (κ1) is 18.1. The van der Waals surface area contributed by atoms with E-state index in [1.165, 1.54) is 0 Å². The van der Waals surface area contributed by atoms with Crippen molar-refractivity contribution in [1.29, 1.82) is 0 Å². The molecule has 4 atom stereocenters. The zero-order chi connectivity index (χ0) is 19.0. The number of benzene rings is 1. The van der Waals surface area contributed by atoms with Gasteiger partial charge in [-0.15, -0.1) is 5.10 Å². The highest BCUT2D eigenvalue weighted by Crippen LogP contribution is 2.37. The third-order valence-corrected chi connectivity index (χ3v) is 5.82. The Morgan fingerprint density at radius 2 is 2.11 bits per heavy atom. The third kappa shape index (κ3) is 3.89. The van der Waals surface area contributed by atoms with Crippen LogP contribution in [-0.2, 0) is 16.9 Å². The molecule has 4 heterocycles. The van der Waals surface area contributed by atoms with Crippen LogP contribution in [0.15, 0.2) is 36.5 Å². The number of fused-ring (bicyclic) bond motifs is 3. The maximum Gasteiger partial charge on any atom is 0.229 e. The molecule has 1 unspecified atom stereocenters. The molecule has 0 aliphatic carbocycles. The van der Waals surface area contributed by atoms with Gasteiger partial charge in [0.15, 0.2) is 0 Å². The number of piperidine rings is 3. The van der Waals surface area contributed by atoms with Crippen LogP contribution in [0.5, 0.6) is 0 Å². The van der Waals surface area contributed by atoms with Gasteiger partial charge in [0, 0.05) is 18.3 Å². The van der Waals surface area contributed by atoms with Crippen LogP contribution in [0.1, 0.15) is 32.4 Å². The molecule has 3 aliphatic rings. The molecule has 3 fully saturated rings. The second-order valence-electron chi connectivity index (χ2n) is 8.28. The Morgan fingerprint density at radius 1 is 1.33 bits per heavy atom. The first-order valence-electron chi connectivity index (χ1n) is 9.63. The summed E-state index contributed by atoms with van der Waals surface area (Å²) in [5.74, 6) is 0.568. The van der Waals surface area contributed by atoms with Crippen molar-refractivity contribution in [1.82, 2.24) is 19.9 Å². The Morgan fingerprint density at radius 3 is 2.74 bits per heavy atom. The quantitative estimate of drug-likeness (QED) is 0.840. The molecule has 0 saturated carbocycles. The molecule has 144 valence electrons. The van der Waals surface area contributed by atoms with Crippen LogP contribution in [0.25, 0.3) is 0 Å². The van der Waals surface area contributed by atoms with Gasteiger partial charge in [0.05, 0.1) is 18.7 Å². The summed E-state index contributed by atoms with van der Waals surface area (Å²) in [6.07, 6.45) is 3.88. The first-order chi connectivity index (χ1) is 12.9. The van der Waals surface area contributed by atoms with E-state index >= 15 is 0 Å². The topological polar surface area (TPSA) is 83.3 Å². The lowest BCUT2D eigenvalue weighted by molar-refractivity contribution is -0.127. The number of hydrogen-bond donors (Lipinski definition) is 2. The van der Waals surface area contributed by atoms with Gasteiger partial charge in [-0.1, -0.05) is 23.4 Å². The second-order valence-corrected chi connectivity index (χ2v) is 8.28. The first-order valence-corrected chi connectivity index (χ1v) is 9.63. The van der Waals surface area contributed by atoms with Crippen molar-refractivity contribution < 1.29 is 9.90 Å². The Hall–Kier alpha value is -2.25. The van der Waals surface area contributed by atoms with Crippen molar-refractivity contribution in [3.8, 4) is 0 Å². The molecule has 2 aromatic rings. The molecule has 1 amide bonds. The van der Waals surface area contributed by atoms with Crippen LogP contribution in [0.4, 0.5) is 5.69 Å². The number of nitrogens with one attached hydrogen (secondary N) is 1. The summed E-state index contributed by atoms with van der Waals surface area (Å²) < 4.78 is 1.82. The molecule has 3 saturated heterocycles. The number of carbonyl (C=O) groups is 1. The fourth-order valence-corrected chi connectivity index (χ4v) is 4.27. The van der Waals surface area contributed by atoms with Crippen molar-refractivity contribution in [2.24, 2.45) is 11.8 Å². The smallest absolute Gasteiger partial charge is 0.229 e. The summed E-state index contributed by atoms with van der Waals surface area (Å²) in [7, 11) is 0. The van der Waals surface area contributed by atoms with Crippen molar-refractivity contribution in [2.45, 2.75) is 44.9 Å². The highest BCUT2D eigenvalue weighted by atomic mass is 16.3. The monoisotopic (exact) mass is 369 g/mol. The van der Waals surface area contributed by atoms with Crippen LogP contribution in [0, 0.1) is 11.8 Å². The number of aromatic nitrogens is 3. The number of anilines is 1. The van der Waals surface area contributed by atoms with Crippen LogP contribution < -0.4 is 5.32 Å². The second kappa shape index (κ2) is 7.05. The maximum atomic E-state index is 12.7. The van der Waals surface area contributed by atoms with Crippen LogP contribution in [0.3, 0.4) is 0 Å². The molecular formula is C20H27N5O2. The summed E-state index contributed by atoms with van der Waals surface area (Å²) in [6.45, 7) is 5.98. The molecule has 7 nitrogen and oxygen atoms in total. The number of hydrogen-bond acceptors (Lipinski definition) is 5. The lowest BCUT2D eigenvalue weighted by Gasteiger charge is -2.49. The van der Waals surface area contributed by atoms with E-state index in [1.54, 1.807) is 13.8 Å². The van der Waals surface area contributed by atoms with Gasteiger partial charge in [0.1, 0.15) is 11.3 Å². The molecular weight excluding hydrogens is 342 g/mol. The molecule has 7 heteroatoms. The average molecular weight is 369 g/mol. The van der Waals surface area contributed by atoms with Gasteiger partial charge < -0.3 is 10.4 Å². The van der Waals surface area contributed by atoms with E-state index in [1.807, 2.05) is 41.2 Å². The standard InChI is InChI=1S/C20H27N5O2/c1-20(2,27)18-13-25(23-22-18)11-16-10-14-8-9-24(16)12-17(14)19(26)21-15-6-4-3-5-7-15/h3-7,13-14,16-17,27H,8-12H2,1-2H3,(H,21,26)/t14-,16-,17+/m1/s1. The van der Waals surface area contributed by atoms with E-state index in [0.29, 0.717) is 17.7 Å². The lowest BCUT2D eigenvalue weighted by atomic mass is 9.75. The number of para-hydroxylation sites is 1. The fraction of sp³-hybridized carbons (Fsp3) is 0.550. The normalized spacial score (nSPS) is 27.5. The van der Waals surface area contributed by atoms with Crippen molar-refractivity contribution in [3.05, 3.63) is 42.2 Å². The van der Waals surface area contributed by atoms with Gasteiger partial charge in [0.25, 0.3) is 0 Å². The molecule has 1 aromatic carbocycles. The van der Waals surface area contributed by atoms with Crippen molar-refractivity contribution in [3.63, 3.8) is 0 Å². The molecule has 2 N–H and O–H groups in total. The summed E-state index contributed by atoms with van der Waals surface area (Å²) in [6, 6.07) is 10.0. The number of rotatable bonds is 5. The summed E-state index contributed by atoms with van der Waals surface area (Å²) in [5, 5.41) is 21.4. The minimum atomic E-state index is -0.981. The molecule has 0 spiro atoms. The van der Waals surface area contributed by atoms with Gasteiger partial charge in [-0.2, -0.15) is 0 Å². The molecule has 3 aliphatic heterocycles. The third-order valence-electron chi connectivity index (χ3n) is 5.82. The van der Waals surface area contributed by atoms with Gasteiger partial charge in [-0.3, -0.25) is 14.4 Å². The van der Waals surface area contributed by atoms with Gasteiger partial charge in [-0.25, -0.2) is 0 Å². The van der Waals surface area contributed by atoms with E-state index in [9.17, 15) is 9.90 Å². The van der Waals surface area contributed by atoms with E-state index in [4.69, 9.17) is 0 Å². The van der Waals surface area contributed by atoms with E-state index in [2.05, 4.69) is 20.5 Å². The minimum absolute atomic E-state index is 0.0397. The van der Waals surface area contributed by atoms with Gasteiger partial charge >= 0.3 is 0 Å². The Kier molecular flexibility index (Phi) is 4.74. The number of aliphatic hydroxyl groups is 1. The van der Waals surface area contributed by atoms with E-state index in [0.717, 1.165) is 38.2 Å². The molecule has 1 aromatic heterocycles. The van der Waals surface area contributed by atoms with Gasteiger partial charge in [0.2, 0.25) is 5.91 Å². The maximum absolute atomic E-state index is 12.7. The fourth-order valence-electron chi connectivity index (χ4n) is 4.27. The summed E-state index contributed by atoms with van der Waals surface area (Å²) in [4.78, 5) is 15.1. The minimum Gasteiger partial charge on any atom is -0.384 e. The number of nitrogens with zero attached hydrogens (tertiary/aromatic N) is 4. The Bertz CT molecular complexity index is 798. The summed E-state index contributed by atoms with van der Waals surface area (Å²) in [5.41, 5.74) is 0.459. The number of carbonyl (C=O) groups excluding carboxylic acids is 1. The molecule has 0 radical (unpaired) electrons. The largest absolute Gasteiger partial charge is 0.384 e. The Balaban J connectivity index is 1.39. The van der Waals surface area contributed by atoms with Crippen LogP contribution >= 0.6 is 0 Å². The average Bonchev–Trinajstić information content (AvgIpc) is 3.12. The lowest BCUT2D eigenvalue weighted by Crippen LogP contribution is -2.57. The molecule has 2 bridgehead atoms. The number of amides is 1.